The summed E-state index contributed by atoms with van der Waals surface area (Å²) >= 11 is 0. The smallest absolute Gasteiger partial charge is 0.294 e. The van der Waals surface area contributed by atoms with E-state index in [0.29, 0.717) is 0 Å². The predicted molar refractivity (Wildman–Crippen MR) is 89.5 cm³/mol. The van der Waals surface area contributed by atoms with E-state index in [0.717, 1.165) is 11.6 Å². The third-order valence-electron chi connectivity index (χ3n) is 3.35. The number of nitrogens with one attached hydrogen (secondary N) is 1. The van der Waals surface area contributed by atoms with E-state index in [2.05, 4.69) is 4.72 Å². The van der Waals surface area contributed by atoms with Crippen LogP contribution in [0.4, 0.5) is 5.69 Å². The first-order valence-corrected chi connectivity index (χ1v) is 9.72. The molecule has 0 unspecified atom stereocenters. The van der Waals surface area contributed by atoms with Gasteiger partial charge in [0.05, 0.1) is 17.7 Å². The quantitative estimate of drug-likeness (QED) is 0.781. The molecule has 24 heavy (non-hydrogen) atoms. The average Bonchev–Trinajstić information content (AvgIpc) is 2.46. The topological polar surface area (TPSA) is 110 Å². The van der Waals surface area contributed by atoms with E-state index < -0.39 is 20.1 Å². The molecule has 2 aromatic rings. The first-order valence-electron chi connectivity index (χ1n) is 6.80. The Morgan fingerprint density at radius 2 is 1.58 bits per heavy atom. The maximum atomic E-state index is 12.4. The van der Waals surface area contributed by atoms with Crippen LogP contribution in [0.3, 0.4) is 0 Å². The molecule has 2 aromatic carbocycles. The Kier molecular flexibility index (Phi) is 4.88. The first kappa shape index (κ1) is 18.2. The minimum atomic E-state index is -4.44. The average molecular weight is 371 g/mol. The molecule has 0 aromatic heterocycles. The van der Waals surface area contributed by atoms with Crippen LogP contribution in [-0.2, 0) is 20.1 Å². The molecule has 0 amide bonds. The Morgan fingerprint density at radius 3 is 2.08 bits per heavy atom. The van der Waals surface area contributed by atoms with Crippen molar-refractivity contribution in [1.82, 2.24) is 0 Å². The lowest BCUT2D eigenvalue weighted by atomic mass is 10.2. The van der Waals surface area contributed by atoms with Gasteiger partial charge in [-0.2, -0.15) is 8.42 Å². The van der Waals surface area contributed by atoms with E-state index in [-0.39, 0.29) is 26.8 Å². The van der Waals surface area contributed by atoms with Gasteiger partial charge in [0.1, 0.15) is 10.6 Å². The summed E-state index contributed by atoms with van der Waals surface area (Å²) in [6.07, 6.45) is 0. The predicted octanol–water partition coefficient (Wildman–Crippen LogP) is 2.36. The molecule has 0 aliphatic rings. The molecule has 0 fully saturated rings. The van der Waals surface area contributed by atoms with Crippen molar-refractivity contribution >= 4 is 25.8 Å². The van der Waals surface area contributed by atoms with Gasteiger partial charge in [-0.15, -0.1) is 0 Å². The lowest BCUT2D eigenvalue weighted by Crippen LogP contribution is -2.14. The van der Waals surface area contributed by atoms with Crippen LogP contribution in [0.1, 0.15) is 11.1 Å². The van der Waals surface area contributed by atoms with Gasteiger partial charge in [0, 0.05) is 6.07 Å². The van der Waals surface area contributed by atoms with Crippen molar-refractivity contribution in [3.63, 3.8) is 0 Å². The Bertz CT molecular complexity index is 964. The number of ether oxygens (including phenoxy) is 1. The van der Waals surface area contributed by atoms with Crippen LogP contribution >= 0.6 is 0 Å². The monoisotopic (exact) mass is 371 g/mol. The molecule has 130 valence electrons. The molecule has 0 radical (unpaired) electrons. The molecule has 7 nitrogen and oxygen atoms in total. The molecule has 0 heterocycles. The summed E-state index contributed by atoms with van der Waals surface area (Å²) in [5.41, 5.74) is 1.17. The second kappa shape index (κ2) is 6.42. The second-order valence-corrected chi connectivity index (χ2v) is 8.28. The van der Waals surface area contributed by atoms with Gasteiger partial charge in [-0.3, -0.25) is 9.27 Å². The van der Waals surface area contributed by atoms with E-state index in [1.807, 2.05) is 6.92 Å². The van der Waals surface area contributed by atoms with Crippen molar-refractivity contribution in [2.75, 3.05) is 11.8 Å². The molecule has 0 spiro atoms. The van der Waals surface area contributed by atoms with Gasteiger partial charge in [0.15, 0.2) is 0 Å². The van der Waals surface area contributed by atoms with Crippen molar-refractivity contribution in [1.29, 1.82) is 0 Å². The molecule has 0 saturated heterocycles. The highest BCUT2D eigenvalue weighted by Gasteiger charge is 2.21. The molecular weight excluding hydrogens is 354 g/mol. The van der Waals surface area contributed by atoms with Crippen LogP contribution in [0.2, 0.25) is 0 Å². The van der Waals surface area contributed by atoms with Crippen LogP contribution in [0.25, 0.3) is 0 Å². The SMILES string of the molecule is COc1cc(S(=O)(=O)O)c(C)cc1NS(=O)(=O)c1ccc(C)cc1. The lowest BCUT2D eigenvalue weighted by molar-refractivity contribution is 0.414. The van der Waals surface area contributed by atoms with Crippen molar-refractivity contribution in [3.05, 3.63) is 47.5 Å². The molecule has 2 N–H and O–H groups in total. The number of benzene rings is 2. The summed E-state index contributed by atoms with van der Waals surface area (Å²) < 4.78 is 64.1. The molecule has 0 bridgehead atoms. The zero-order valence-corrected chi connectivity index (χ0v) is 14.9. The van der Waals surface area contributed by atoms with Gasteiger partial charge in [-0.25, -0.2) is 8.42 Å². The van der Waals surface area contributed by atoms with E-state index in [4.69, 9.17) is 4.74 Å². The number of rotatable bonds is 5. The van der Waals surface area contributed by atoms with Crippen molar-refractivity contribution in [3.8, 4) is 5.75 Å². The molecule has 9 heteroatoms. The number of methoxy groups -OCH3 is 1. The third-order valence-corrected chi connectivity index (χ3v) is 5.73. The summed E-state index contributed by atoms with van der Waals surface area (Å²) in [4.78, 5) is -0.288. The summed E-state index contributed by atoms with van der Waals surface area (Å²) in [7, 11) is -7.04. The number of hydrogen-bond donors (Lipinski definition) is 2. The largest absolute Gasteiger partial charge is 0.495 e. The van der Waals surface area contributed by atoms with Gasteiger partial charge in [-0.05, 0) is 37.6 Å². The highest BCUT2D eigenvalue weighted by Crippen LogP contribution is 2.32. The Hall–Kier alpha value is -2.10. The number of aryl methyl sites for hydroxylation is 2. The minimum Gasteiger partial charge on any atom is -0.495 e. The molecule has 0 aliphatic carbocycles. The fourth-order valence-electron chi connectivity index (χ4n) is 2.12. The van der Waals surface area contributed by atoms with Crippen LogP contribution < -0.4 is 9.46 Å². The van der Waals surface area contributed by atoms with E-state index in [1.54, 1.807) is 12.1 Å². The molecular formula is C15H17NO6S2. The Balaban J connectivity index is 2.49. The summed E-state index contributed by atoms with van der Waals surface area (Å²) in [5.74, 6) is -0.0242. The van der Waals surface area contributed by atoms with Crippen molar-refractivity contribution in [2.24, 2.45) is 0 Å². The second-order valence-electron chi connectivity index (χ2n) is 5.21. The summed E-state index contributed by atoms with van der Waals surface area (Å²) in [6.45, 7) is 3.27. The van der Waals surface area contributed by atoms with Crippen molar-refractivity contribution < 1.29 is 26.1 Å². The fourth-order valence-corrected chi connectivity index (χ4v) is 3.90. The molecule has 2 rings (SSSR count). The maximum Gasteiger partial charge on any atom is 0.294 e. The van der Waals surface area contributed by atoms with Gasteiger partial charge >= 0.3 is 0 Å². The van der Waals surface area contributed by atoms with Crippen LogP contribution in [-0.4, -0.2) is 28.5 Å². The zero-order valence-electron chi connectivity index (χ0n) is 13.3. The Morgan fingerprint density at radius 1 is 1.00 bits per heavy atom. The molecule has 0 aliphatic heterocycles. The zero-order chi connectivity index (χ0) is 18.1. The van der Waals surface area contributed by atoms with E-state index in [1.165, 1.54) is 32.2 Å². The van der Waals surface area contributed by atoms with Crippen LogP contribution in [0.5, 0.6) is 5.75 Å². The standard InChI is InChI=1S/C15H17NO6S2/c1-10-4-6-12(7-5-10)23(17,18)16-13-8-11(2)15(24(19,20)21)9-14(13)22-3/h4-9,16H,1-3H3,(H,19,20,21). The normalized spacial score (nSPS) is 12.0. The first-order chi connectivity index (χ1) is 11.0. The summed E-state index contributed by atoms with van der Waals surface area (Å²) in [6, 6.07) is 8.61. The lowest BCUT2D eigenvalue weighted by Gasteiger charge is -2.14. The van der Waals surface area contributed by atoms with Crippen LogP contribution in [0.15, 0.2) is 46.2 Å². The summed E-state index contributed by atoms with van der Waals surface area (Å²) in [5, 5.41) is 0. The van der Waals surface area contributed by atoms with Gasteiger partial charge in [-0.1, -0.05) is 17.7 Å². The molecule has 0 atom stereocenters. The van der Waals surface area contributed by atoms with Crippen molar-refractivity contribution in [2.45, 2.75) is 23.6 Å². The Labute approximate surface area is 141 Å². The maximum absolute atomic E-state index is 12.4. The third kappa shape index (κ3) is 3.86. The number of anilines is 1. The van der Waals surface area contributed by atoms with Gasteiger partial charge in [0.2, 0.25) is 0 Å². The van der Waals surface area contributed by atoms with E-state index >= 15 is 0 Å². The van der Waals surface area contributed by atoms with Gasteiger partial charge < -0.3 is 4.74 Å². The minimum absolute atomic E-state index is 0.0242. The molecule has 0 saturated carbocycles. The van der Waals surface area contributed by atoms with E-state index in [9.17, 15) is 21.4 Å². The highest BCUT2D eigenvalue weighted by atomic mass is 32.2. The number of hydrogen-bond acceptors (Lipinski definition) is 5. The highest BCUT2D eigenvalue weighted by molar-refractivity contribution is 7.92. The van der Waals surface area contributed by atoms with Gasteiger partial charge in [0.25, 0.3) is 20.1 Å². The number of sulfonamides is 1. The fraction of sp³-hybridized carbons (Fsp3) is 0.200. The van der Waals surface area contributed by atoms with Crippen LogP contribution in [0, 0.1) is 13.8 Å².